The number of fused-ring (bicyclic) bond motifs is 1. The average Bonchev–Trinajstić information content (AvgIpc) is 3.35. The largest absolute Gasteiger partial charge is 0.497 e. The number of hydrogen-bond donors (Lipinski definition) is 0. The molecule has 0 radical (unpaired) electrons. The second-order valence-corrected chi connectivity index (χ2v) is 8.44. The zero-order valence-corrected chi connectivity index (χ0v) is 19.3. The second kappa shape index (κ2) is 10.3. The van der Waals surface area contributed by atoms with Crippen molar-refractivity contribution in [3.8, 4) is 28.7 Å². The lowest BCUT2D eigenvalue weighted by atomic mass is 10.0. The molecule has 0 aromatic heterocycles. The maximum atomic E-state index is 6.20. The van der Waals surface area contributed by atoms with Crippen molar-refractivity contribution in [1.29, 1.82) is 0 Å². The lowest BCUT2D eigenvalue weighted by Crippen LogP contribution is -1.94. The van der Waals surface area contributed by atoms with Gasteiger partial charge in [-0.05, 0) is 96.5 Å². The Labute approximate surface area is 200 Å². The molecule has 4 aromatic rings. The quantitative estimate of drug-likeness (QED) is 0.280. The van der Waals surface area contributed by atoms with Crippen molar-refractivity contribution in [3.05, 3.63) is 113 Å². The maximum Gasteiger partial charge on any atom is 0.231 e. The summed E-state index contributed by atoms with van der Waals surface area (Å²) in [6.45, 7) is 0.306. The monoisotopic (exact) mass is 452 g/mol. The predicted octanol–water partition coefficient (Wildman–Crippen LogP) is 6.79. The molecule has 1 aliphatic rings. The maximum absolute atomic E-state index is 6.20. The van der Waals surface area contributed by atoms with Gasteiger partial charge in [-0.15, -0.1) is 0 Å². The first-order valence-electron chi connectivity index (χ1n) is 11.6. The van der Waals surface area contributed by atoms with Crippen LogP contribution in [0.15, 0.2) is 91.0 Å². The van der Waals surface area contributed by atoms with Crippen LogP contribution in [0.3, 0.4) is 0 Å². The third-order valence-corrected chi connectivity index (χ3v) is 6.01. The first kappa shape index (κ1) is 21.9. The van der Waals surface area contributed by atoms with E-state index in [-0.39, 0.29) is 0 Å². The molecule has 0 N–H and O–H groups in total. The molecule has 0 saturated heterocycles. The summed E-state index contributed by atoms with van der Waals surface area (Å²) in [6, 6.07) is 31.1. The Morgan fingerprint density at radius 1 is 0.559 bits per heavy atom. The third-order valence-electron chi connectivity index (χ3n) is 6.01. The van der Waals surface area contributed by atoms with Gasteiger partial charge in [-0.25, -0.2) is 0 Å². The highest BCUT2D eigenvalue weighted by Crippen LogP contribution is 2.33. The van der Waals surface area contributed by atoms with Crippen molar-refractivity contribution in [3.63, 3.8) is 0 Å². The van der Waals surface area contributed by atoms with Gasteiger partial charge in [0.2, 0.25) is 6.79 Å². The zero-order chi connectivity index (χ0) is 23.2. The molecule has 0 fully saturated rings. The molecule has 1 heterocycles. The van der Waals surface area contributed by atoms with Crippen LogP contribution < -0.4 is 18.9 Å². The molecular formula is C30H28O4. The van der Waals surface area contributed by atoms with Gasteiger partial charge < -0.3 is 18.9 Å². The molecular weight excluding hydrogens is 424 g/mol. The van der Waals surface area contributed by atoms with E-state index < -0.39 is 0 Å². The highest BCUT2D eigenvalue weighted by Gasteiger charge is 2.13. The molecule has 4 aromatic carbocycles. The topological polar surface area (TPSA) is 36.9 Å². The smallest absolute Gasteiger partial charge is 0.231 e. The standard InChI is InChI=1S/C30H28O4/c1-31-26-8-2-5-22(17-26)11-12-23-6-3-9-27(18-23)34-28-10-4-7-24(19-28)13-14-25-15-16-29-30(20-25)33-21-32-29/h2-10,15-20H,11-14,21H2,1H3. The third kappa shape index (κ3) is 5.52. The van der Waals surface area contributed by atoms with Crippen LogP contribution in [0.5, 0.6) is 28.7 Å². The molecule has 0 unspecified atom stereocenters. The molecule has 172 valence electrons. The van der Waals surface area contributed by atoms with Gasteiger partial charge in [-0.2, -0.15) is 0 Å². The van der Waals surface area contributed by atoms with E-state index in [1.807, 2.05) is 30.3 Å². The summed E-state index contributed by atoms with van der Waals surface area (Å²) in [4.78, 5) is 0. The number of aryl methyl sites for hydroxylation is 4. The molecule has 0 bridgehead atoms. The van der Waals surface area contributed by atoms with Crippen LogP contribution in [-0.2, 0) is 25.7 Å². The van der Waals surface area contributed by atoms with E-state index in [1.54, 1.807) is 7.11 Å². The Balaban J connectivity index is 1.19. The van der Waals surface area contributed by atoms with Crippen LogP contribution in [0.4, 0.5) is 0 Å². The summed E-state index contributed by atoms with van der Waals surface area (Å²) in [5, 5.41) is 0. The molecule has 0 atom stereocenters. The zero-order valence-electron chi connectivity index (χ0n) is 19.3. The lowest BCUT2D eigenvalue weighted by Gasteiger charge is -2.10. The molecule has 0 aliphatic carbocycles. The minimum atomic E-state index is 0.306. The van der Waals surface area contributed by atoms with E-state index in [9.17, 15) is 0 Å². The SMILES string of the molecule is COc1cccc(CCc2cccc(Oc3cccc(CCc4ccc5c(c4)OCO5)c3)c2)c1. The summed E-state index contributed by atoms with van der Waals surface area (Å²) in [5.41, 5.74) is 4.99. The van der Waals surface area contributed by atoms with Crippen LogP contribution in [0, 0.1) is 0 Å². The first-order valence-corrected chi connectivity index (χ1v) is 11.6. The average molecular weight is 453 g/mol. The molecule has 5 rings (SSSR count). The summed E-state index contributed by atoms with van der Waals surface area (Å²) in [5.74, 6) is 4.27. The first-order chi connectivity index (χ1) is 16.7. The second-order valence-electron chi connectivity index (χ2n) is 8.44. The van der Waals surface area contributed by atoms with Gasteiger partial charge in [0, 0.05) is 0 Å². The summed E-state index contributed by atoms with van der Waals surface area (Å²) < 4.78 is 22.4. The molecule has 4 nitrogen and oxygen atoms in total. The lowest BCUT2D eigenvalue weighted by molar-refractivity contribution is 0.174. The van der Waals surface area contributed by atoms with E-state index in [0.717, 1.165) is 54.4 Å². The Bertz CT molecular complexity index is 1260. The highest BCUT2D eigenvalue weighted by molar-refractivity contribution is 5.45. The highest BCUT2D eigenvalue weighted by atomic mass is 16.7. The van der Waals surface area contributed by atoms with E-state index in [4.69, 9.17) is 18.9 Å². The molecule has 0 amide bonds. The fourth-order valence-corrected chi connectivity index (χ4v) is 4.17. The Kier molecular flexibility index (Phi) is 6.66. The van der Waals surface area contributed by atoms with E-state index in [2.05, 4.69) is 60.7 Å². The van der Waals surface area contributed by atoms with Gasteiger partial charge in [0.15, 0.2) is 11.5 Å². The number of rotatable bonds is 9. The van der Waals surface area contributed by atoms with Gasteiger partial charge in [0.05, 0.1) is 7.11 Å². The summed E-state index contributed by atoms with van der Waals surface area (Å²) in [7, 11) is 1.70. The van der Waals surface area contributed by atoms with Crippen LogP contribution >= 0.6 is 0 Å². The Hall–Kier alpha value is -3.92. The van der Waals surface area contributed by atoms with Gasteiger partial charge in [-0.3, -0.25) is 0 Å². The van der Waals surface area contributed by atoms with Crippen molar-refractivity contribution in [1.82, 2.24) is 0 Å². The van der Waals surface area contributed by atoms with Crippen LogP contribution in [0.2, 0.25) is 0 Å². The minimum Gasteiger partial charge on any atom is -0.497 e. The summed E-state index contributed by atoms with van der Waals surface area (Å²) >= 11 is 0. The Morgan fingerprint density at radius 2 is 1.06 bits per heavy atom. The minimum absolute atomic E-state index is 0.306. The molecule has 1 aliphatic heterocycles. The van der Waals surface area contributed by atoms with Gasteiger partial charge >= 0.3 is 0 Å². The van der Waals surface area contributed by atoms with Crippen molar-refractivity contribution < 1.29 is 18.9 Å². The van der Waals surface area contributed by atoms with Gasteiger partial charge in [-0.1, -0.05) is 42.5 Å². The molecule has 4 heteroatoms. The predicted molar refractivity (Wildman–Crippen MR) is 133 cm³/mol. The number of benzene rings is 4. The van der Waals surface area contributed by atoms with Crippen LogP contribution in [0.25, 0.3) is 0 Å². The fourth-order valence-electron chi connectivity index (χ4n) is 4.17. The van der Waals surface area contributed by atoms with Crippen molar-refractivity contribution in [2.24, 2.45) is 0 Å². The number of hydrogen-bond acceptors (Lipinski definition) is 4. The summed E-state index contributed by atoms with van der Waals surface area (Å²) in [6.07, 6.45) is 3.76. The van der Waals surface area contributed by atoms with E-state index >= 15 is 0 Å². The van der Waals surface area contributed by atoms with Gasteiger partial charge in [0.25, 0.3) is 0 Å². The molecule has 0 saturated carbocycles. The van der Waals surface area contributed by atoms with Crippen LogP contribution in [-0.4, -0.2) is 13.9 Å². The fraction of sp³-hybridized carbons (Fsp3) is 0.200. The normalized spacial score (nSPS) is 11.9. The van der Waals surface area contributed by atoms with E-state index in [0.29, 0.717) is 6.79 Å². The number of ether oxygens (including phenoxy) is 4. The van der Waals surface area contributed by atoms with Crippen molar-refractivity contribution >= 4 is 0 Å². The Morgan fingerprint density at radius 3 is 1.65 bits per heavy atom. The number of methoxy groups -OCH3 is 1. The van der Waals surface area contributed by atoms with Crippen molar-refractivity contribution in [2.75, 3.05) is 13.9 Å². The van der Waals surface area contributed by atoms with E-state index in [1.165, 1.54) is 22.3 Å². The van der Waals surface area contributed by atoms with Gasteiger partial charge in [0.1, 0.15) is 17.2 Å². The van der Waals surface area contributed by atoms with Crippen molar-refractivity contribution in [2.45, 2.75) is 25.7 Å². The molecule has 0 spiro atoms. The van der Waals surface area contributed by atoms with Crippen LogP contribution in [0.1, 0.15) is 22.3 Å². The molecule has 34 heavy (non-hydrogen) atoms.